The van der Waals surface area contributed by atoms with E-state index < -0.39 is 0 Å². The van der Waals surface area contributed by atoms with Crippen molar-refractivity contribution in [3.05, 3.63) is 11.5 Å². The second kappa shape index (κ2) is 2.42. The first kappa shape index (κ1) is 5.92. The summed E-state index contributed by atoms with van der Waals surface area (Å²) in [6, 6.07) is 0. The third-order valence-corrected chi connectivity index (χ3v) is 9.94. The summed E-state index contributed by atoms with van der Waals surface area (Å²) in [6.07, 6.45) is 2.38. The van der Waals surface area contributed by atoms with Gasteiger partial charge in [-0.2, -0.15) is 0 Å². The second-order valence-electron chi connectivity index (χ2n) is 1.84. The Bertz CT molecular complexity index is 124. The van der Waals surface area contributed by atoms with Crippen LogP contribution in [0.5, 0.6) is 0 Å². The van der Waals surface area contributed by atoms with Gasteiger partial charge in [0.1, 0.15) is 0 Å². The van der Waals surface area contributed by atoms with Crippen molar-refractivity contribution in [2.24, 2.45) is 5.92 Å². The van der Waals surface area contributed by atoms with Crippen molar-refractivity contribution >= 4 is 20.7 Å². The molecule has 0 nitrogen and oxygen atoms in total. The first-order chi connectivity index (χ1) is 3.97. The maximum absolute atomic E-state index is 2.38. The van der Waals surface area contributed by atoms with Gasteiger partial charge in [-0.25, -0.2) is 0 Å². The van der Waals surface area contributed by atoms with Crippen LogP contribution < -0.4 is 19.8 Å². The van der Waals surface area contributed by atoms with Crippen LogP contribution in [0.2, 0.25) is 0 Å². The number of halogens is 1. The zero-order chi connectivity index (χ0) is 5.40. The molecule has 1 fully saturated rings. The molecule has 0 aliphatic carbocycles. The molecule has 2 aliphatic rings. The fourth-order valence-electron chi connectivity index (χ4n) is 0.799. The second-order valence-corrected chi connectivity index (χ2v) is 9.21. The van der Waals surface area contributed by atoms with Crippen LogP contribution in [0.25, 0.3) is 0 Å². The maximum atomic E-state index is 2.38. The first-order valence-corrected chi connectivity index (χ1v) is 8.26. The molecule has 46 valence electrons. The number of hydrogen-bond donors (Lipinski definition) is 0. The summed E-state index contributed by atoms with van der Waals surface area (Å²) in [7, 11) is 2.20. The fraction of sp³-hybridized carbons (Fsp3) is 0.600. The van der Waals surface area contributed by atoms with Crippen molar-refractivity contribution in [2.75, 3.05) is 5.75 Å². The molecule has 0 bridgehead atoms. The first-order valence-electron chi connectivity index (χ1n) is 2.54. The molecule has 2 atom stereocenters. The zero-order valence-electron chi connectivity index (χ0n) is 4.21. The average molecular weight is 257 g/mol. The van der Waals surface area contributed by atoms with E-state index in [1.54, 1.807) is 0 Å². The monoisotopic (exact) mass is 257 g/mol. The van der Waals surface area contributed by atoms with E-state index in [-0.39, 0.29) is 0 Å². The summed E-state index contributed by atoms with van der Waals surface area (Å²) in [5.41, 5.74) is 0. The molecule has 0 aromatic heterocycles. The number of hydrogen-bond acceptors (Lipinski definition) is 2. The van der Waals surface area contributed by atoms with Gasteiger partial charge in [-0.05, 0) is 0 Å². The summed E-state index contributed by atoms with van der Waals surface area (Å²) < 4.78 is 1.05. The van der Waals surface area contributed by atoms with Gasteiger partial charge in [-0.15, -0.1) is 0 Å². The molecule has 0 N–H and O–H groups in total. The summed E-state index contributed by atoms with van der Waals surface area (Å²) >= 11 is 2.58. The Morgan fingerprint density at radius 1 is 1.62 bits per heavy atom. The molecule has 0 spiro atoms. The Balaban J connectivity index is 2.13. The van der Waals surface area contributed by atoms with Crippen LogP contribution in [0.1, 0.15) is 0 Å². The van der Waals surface area contributed by atoms with Gasteiger partial charge >= 0.3 is 66.9 Å². The molecule has 0 aromatic carbocycles. The molecular weight excluding hydrogens is 251 g/mol. The van der Waals surface area contributed by atoms with Crippen LogP contribution in [0.3, 0.4) is 0 Å². The van der Waals surface area contributed by atoms with Crippen molar-refractivity contribution < 1.29 is 19.8 Å². The average Bonchev–Trinajstić information content (AvgIpc) is 2.15. The Kier molecular flexibility index (Phi) is 1.79. The van der Waals surface area contributed by atoms with Crippen molar-refractivity contribution in [1.82, 2.24) is 0 Å². The van der Waals surface area contributed by atoms with E-state index in [9.17, 15) is 0 Å². The van der Waals surface area contributed by atoms with Crippen LogP contribution in [-0.4, -0.2) is 9.01 Å². The van der Waals surface area contributed by atoms with Crippen LogP contribution in [-0.2, 0) is 0 Å². The predicted octanol–water partition coefficient (Wildman–Crippen LogP) is -1.06. The van der Waals surface area contributed by atoms with Gasteiger partial charge < -0.3 is 0 Å². The Morgan fingerprint density at radius 3 is 3.50 bits per heavy atom. The Labute approximate surface area is 66.6 Å². The van der Waals surface area contributed by atoms with Gasteiger partial charge in [0, 0.05) is 0 Å². The molecule has 0 aromatic rings. The molecule has 0 radical (unpaired) electrons. The summed E-state index contributed by atoms with van der Waals surface area (Å²) in [5.74, 6) is 2.39. The molecule has 8 heavy (non-hydrogen) atoms. The quantitative estimate of drug-likeness (QED) is 0.401. The number of thioether (sulfide) groups is 1. The van der Waals surface area contributed by atoms with Crippen molar-refractivity contribution in [1.29, 1.82) is 0 Å². The summed E-state index contributed by atoms with van der Waals surface area (Å²) in [6.45, 7) is 0. The molecule has 2 aliphatic heterocycles. The normalized spacial score (nSPS) is 44.0. The van der Waals surface area contributed by atoms with Crippen molar-refractivity contribution in [3.63, 3.8) is 0 Å². The van der Waals surface area contributed by atoms with E-state index in [0.29, 0.717) is 19.8 Å². The summed E-state index contributed by atoms with van der Waals surface area (Å²) in [5, 5.41) is 2.29. The van der Waals surface area contributed by atoms with Gasteiger partial charge in [0.2, 0.25) is 0 Å². The van der Waals surface area contributed by atoms with E-state index in [1.807, 2.05) is 0 Å². The third-order valence-electron chi connectivity index (χ3n) is 1.28. The third kappa shape index (κ3) is 0.926. The number of alkyl halides is 1. The van der Waals surface area contributed by atoms with Gasteiger partial charge in [-0.1, -0.05) is 0 Å². The van der Waals surface area contributed by atoms with Crippen LogP contribution >= 0.6 is 20.7 Å². The SMILES string of the molecule is C1=CC2CS[I-]C2S1. The van der Waals surface area contributed by atoms with E-state index in [0.717, 1.165) is 9.17 Å². The van der Waals surface area contributed by atoms with Crippen molar-refractivity contribution in [3.8, 4) is 0 Å². The minimum absolute atomic E-state index is 0.516. The topological polar surface area (TPSA) is 0 Å². The summed E-state index contributed by atoms with van der Waals surface area (Å²) in [4.78, 5) is 0. The molecule has 0 amide bonds. The zero-order valence-corrected chi connectivity index (χ0v) is 8.00. The molecule has 2 heterocycles. The Morgan fingerprint density at radius 2 is 2.62 bits per heavy atom. The molecular formula is C5H6IS2-. The number of rotatable bonds is 0. The van der Waals surface area contributed by atoms with Crippen molar-refractivity contribution in [2.45, 2.75) is 3.26 Å². The minimum atomic E-state index is 0.516. The van der Waals surface area contributed by atoms with E-state index in [4.69, 9.17) is 0 Å². The van der Waals surface area contributed by atoms with Gasteiger partial charge in [-0.3, -0.25) is 0 Å². The van der Waals surface area contributed by atoms with Crippen LogP contribution in [0, 0.1) is 5.92 Å². The van der Waals surface area contributed by atoms with Crippen LogP contribution in [0.15, 0.2) is 11.5 Å². The molecule has 2 rings (SSSR count). The predicted molar refractivity (Wildman–Crippen MR) is 36.5 cm³/mol. The van der Waals surface area contributed by atoms with Gasteiger partial charge in [0.05, 0.1) is 0 Å². The number of fused-ring (bicyclic) bond motifs is 1. The fourth-order valence-corrected chi connectivity index (χ4v) is 10.2. The molecule has 2 unspecified atom stereocenters. The molecule has 0 saturated carbocycles. The molecule has 3 heteroatoms. The van der Waals surface area contributed by atoms with E-state index >= 15 is 0 Å². The van der Waals surface area contributed by atoms with Crippen LogP contribution in [0.4, 0.5) is 0 Å². The van der Waals surface area contributed by atoms with E-state index in [1.165, 1.54) is 5.75 Å². The molecule has 1 saturated heterocycles. The van der Waals surface area contributed by atoms with E-state index in [2.05, 4.69) is 32.2 Å². The van der Waals surface area contributed by atoms with Gasteiger partial charge in [0.15, 0.2) is 0 Å². The number of allylic oxidation sites excluding steroid dienone is 1. The van der Waals surface area contributed by atoms with Gasteiger partial charge in [0.25, 0.3) is 0 Å². The standard InChI is InChI=1S/C5H6IS2/c1-2-7-5-4(1)3-8-6-5/h1-2,4-5H,3H2/q-1. The Hall–Kier alpha value is 1.17.